The summed E-state index contributed by atoms with van der Waals surface area (Å²) >= 11 is 0. The molecule has 1 saturated carbocycles. The summed E-state index contributed by atoms with van der Waals surface area (Å²) in [5, 5.41) is 3.24. The molecule has 0 radical (unpaired) electrons. The van der Waals surface area contributed by atoms with Crippen LogP contribution in [0.4, 0.5) is 0 Å². The lowest BCUT2D eigenvalue weighted by atomic mass is 9.83. The SMILES string of the molecule is CC(C)N1C(=O)CO[C@H](C(=O)NC2(C)CCCCC2)[C@H]1c1ccccc1. The van der Waals surface area contributed by atoms with Crippen LogP contribution >= 0.6 is 0 Å². The van der Waals surface area contributed by atoms with Crippen LogP contribution in [0.5, 0.6) is 0 Å². The average molecular weight is 358 g/mol. The first-order valence-corrected chi connectivity index (χ1v) is 9.71. The number of ether oxygens (including phenoxy) is 1. The number of rotatable bonds is 4. The summed E-state index contributed by atoms with van der Waals surface area (Å²) in [7, 11) is 0. The number of nitrogens with zero attached hydrogens (tertiary/aromatic N) is 1. The zero-order chi connectivity index (χ0) is 18.7. The van der Waals surface area contributed by atoms with Gasteiger partial charge in [0.15, 0.2) is 6.10 Å². The summed E-state index contributed by atoms with van der Waals surface area (Å²) in [5.41, 5.74) is 0.757. The van der Waals surface area contributed by atoms with Crippen LogP contribution in [-0.2, 0) is 14.3 Å². The average Bonchev–Trinajstić information content (AvgIpc) is 2.62. The highest BCUT2D eigenvalue weighted by atomic mass is 16.5. The molecule has 142 valence electrons. The smallest absolute Gasteiger partial charge is 0.252 e. The fourth-order valence-corrected chi connectivity index (χ4v) is 4.27. The van der Waals surface area contributed by atoms with Crippen LogP contribution in [0.1, 0.15) is 64.5 Å². The minimum atomic E-state index is -0.684. The lowest BCUT2D eigenvalue weighted by molar-refractivity contribution is -0.168. The fourth-order valence-electron chi connectivity index (χ4n) is 4.27. The van der Waals surface area contributed by atoms with Gasteiger partial charge in [0, 0.05) is 11.6 Å². The molecule has 5 nitrogen and oxygen atoms in total. The Morgan fingerprint density at radius 1 is 1.19 bits per heavy atom. The summed E-state index contributed by atoms with van der Waals surface area (Å²) in [4.78, 5) is 27.5. The molecule has 1 saturated heterocycles. The second-order valence-electron chi connectivity index (χ2n) is 8.09. The molecule has 5 heteroatoms. The van der Waals surface area contributed by atoms with E-state index in [1.165, 1.54) is 6.42 Å². The molecule has 26 heavy (non-hydrogen) atoms. The molecule has 2 amide bonds. The van der Waals surface area contributed by atoms with Gasteiger partial charge in [0.25, 0.3) is 5.91 Å². The van der Waals surface area contributed by atoms with E-state index in [4.69, 9.17) is 4.74 Å². The molecule has 1 heterocycles. The van der Waals surface area contributed by atoms with Crippen LogP contribution in [0, 0.1) is 0 Å². The van der Waals surface area contributed by atoms with Gasteiger partial charge >= 0.3 is 0 Å². The molecule has 2 aliphatic rings. The van der Waals surface area contributed by atoms with Crippen LogP contribution in [0.15, 0.2) is 30.3 Å². The predicted octanol–water partition coefficient (Wildman–Crippen LogP) is 3.20. The van der Waals surface area contributed by atoms with E-state index in [0.717, 1.165) is 31.2 Å². The molecule has 3 rings (SSSR count). The van der Waals surface area contributed by atoms with Gasteiger partial charge in [0.2, 0.25) is 5.91 Å². The van der Waals surface area contributed by atoms with E-state index in [-0.39, 0.29) is 30.0 Å². The van der Waals surface area contributed by atoms with Gasteiger partial charge in [-0.1, -0.05) is 49.6 Å². The maximum Gasteiger partial charge on any atom is 0.252 e. The largest absolute Gasteiger partial charge is 0.356 e. The third-order valence-corrected chi connectivity index (χ3v) is 5.60. The molecular weight excluding hydrogens is 328 g/mol. The van der Waals surface area contributed by atoms with Crippen LogP contribution in [0.2, 0.25) is 0 Å². The van der Waals surface area contributed by atoms with Gasteiger partial charge in [-0.25, -0.2) is 0 Å². The molecule has 1 N–H and O–H groups in total. The second kappa shape index (κ2) is 7.78. The number of carbonyl (C=O) groups is 2. The van der Waals surface area contributed by atoms with Crippen molar-refractivity contribution < 1.29 is 14.3 Å². The minimum Gasteiger partial charge on any atom is -0.356 e. The van der Waals surface area contributed by atoms with E-state index in [9.17, 15) is 9.59 Å². The minimum absolute atomic E-state index is 0.00262. The van der Waals surface area contributed by atoms with Crippen molar-refractivity contribution in [3.63, 3.8) is 0 Å². The normalized spacial score (nSPS) is 26.0. The molecule has 1 aliphatic carbocycles. The number of carbonyl (C=O) groups excluding carboxylic acids is 2. The second-order valence-corrected chi connectivity index (χ2v) is 8.09. The summed E-state index contributed by atoms with van der Waals surface area (Å²) < 4.78 is 5.78. The zero-order valence-electron chi connectivity index (χ0n) is 16.0. The first-order valence-electron chi connectivity index (χ1n) is 9.71. The quantitative estimate of drug-likeness (QED) is 0.899. The Bertz CT molecular complexity index is 638. The number of benzene rings is 1. The summed E-state index contributed by atoms with van der Waals surface area (Å²) in [6.07, 6.45) is 4.81. The van der Waals surface area contributed by atoms with Crippen molar-refractivity contribution in [3.8, 4) is 0 Å². The van der Waals surface area contributed by atoms with Crippen molar-refractivity contribution in [2.45, 2.75) is 76.6 Å². The molecule has 1 aromatic carbocycles. The molecule has 0 aromatic heterocycles. The Morgan fingerprint density at radius 3 is 2.46 bits per heavy atom. The number of morpholine rings is 1. The highest BCUT2D eigenvalue weighted by molar-refractivity contribution is 5.87. The zero-order valence-corrected chi connectivity index (χ0v) is 16.0. The Labute approximate surface area is 156 Å². The summed E-state index contributed by atoms with van der Waals surface area (Å²) in [6, 6.07) is 9.33. The maximum absolute atomic E-state index is 13.2. The molecular formula is C21H30N2O3. The van der Waals surface area contributed by atoms with Gasteiger partial charge in [-0.3, -0.25) is 9.59 Å². The van der Waals surface area contributed by atoms with Crippen molar-refractivity contribution >= 4 is 11.8 Å². The van der Waals surface area contributed by atoms with Crippen molar-refractivity contribution in [1.29, 1.82) is 0 Å². The Hall–Kier alpha value is -1.88. The first-order chi connectivity index (χ1) is 12.4. The number of hydrogen-bond acceptors (Lipinski definition) is 3. The van der Waals surface area contributed by atoms with E-state index in [1.54, 1.807) is 4.90 Å². The van der Waals surface area contributed by atoms with Crippen molar-refractivity contribution in [2.24, 2.45) is 0 Å². The number of hydrogen-bond donors (Lipinski definition) is 1. The molecule has 0 spiro atoms. The fraction of sp³-hybridized carbons (Fsp3) is 0.619. The standard InChI is InChI=1S/C21H30N2O3/c1-15(2)23-17(24)14-26-19(18(23)16-10-6-4-7-11-16)20(25)22-21(3)12-8-5-9-13-21/h4,6-7,10-11,15,18-19H,5,8-9,12-14H2,1-3H3,(H,22,25)/t18-,19+/m1/s1. The monoisotopic (exact) mass is 358 g/mol. The Morgan fingerprint density at radius 2 is 1.85 bits per heavy atom. The third-order valence-electron chi connectivity index (χ3n) is 5.60. The van der Waals surface area contributed by atoms with Gasteiger partial charge in [-0.05, 0) is 39.2 Å². The van der Waals surface area contributed by atoms with Gasteiger partial charge in [0.1, 0.15) is 6.61 Å². The van der Waals surface area contributed by atoms with Crippen molar-refractivity contribution in [1.82, 2.24) is 10.2 Å². The predicted molar refractivity (Wildman–Crippen MR) is 101 cm³/mol. The molecule has 2 atom stereocenters. The van der Waals surface area contributed by atoms with E-state index in [0.29, 0.717) is 0 Å². The number of nitrogens with one attached hydrogen (secondary N) is 1. The Kier molecular flexibility index (Phi) is 5.66. The van der Waals surface area contributed by atoms with E-state index < -0.39 is 12.1 Å². The van der Waals surface area contributed by atoms with E-state index >= 15 is 0 Å². The van der Waals surface area contributed by atoms with Crippen LogP contribution in [-0.4, -0.2) is 41.0 Å². The maximum atomic E-state index is 13.2. The highest BCUT2D eigenvalue weighted by Gasteiger charge is 2.44. The van der Waals surface area contributed by atoms with Crippen LogP contribution in [0.3, 0.4) is 0 Å². The highest BCUT2D eigenvalue weighted by Crippen LogP contribution is 2.33. The van der Waals surface area contributed by atoms with Crippen LogP contribution in [0.25, 0.3) is 0 Å². The molecule has 2 fully saturated rings. The molecule has 0 unspecified atom stereocenters. The summed E-state index contributed by atoms with van der Waals surface area (Å²) in [5.74, 6) is -0.178. The van der Waals surface area contributed by atoms with Gasteiger partial charge in [-0.2, -0.15) is 0 Å². The first kappa shape index (κ1) is 18.9. The molecule has 1 aromatic rings. The summed E-state index contributed by atoms with van der Waals surface area (Å²) in [6.45, 7) is 6.04. The van der Waals surface area contributed by atoms with Gasteiger partial charge in [-0.15, -0.1) is 0 Å². The molecule has 0 bridgehead atoms. The topological polar surface area (TPSA) is 58.6 Å². The van der Waals surface area contributed by atoms with Gasteiger partial charge < -0.3 is 15.0 Å². The lowest BCUT2D eigenvalue weighted by Crippen LogP contribution is -2.59. The Balaban J connectivity index is 1.87. The van der Waals surface area contributed by atoms with E-state index in [2.05, 4.69) is 12.2 Å². The lowest BCUT2D eigenvalue weighted by Gasteiger charge is -2.44. The van der Waals surface area contributed by atoms with Crippen molar-refractivity contribution in [3.05, 3.63) is 35.9 Å². The van der Waals surface area contributed by atoms with E-state index in [1.807, 2.05) is 44.2 Å². The number of amides is 2. The van der Waals surface area contributed by atoms with Crippen LogP contribution < -0.4 is 5.32 Å². The van der Waals surface area contributed by atoms with Crippen molar-refractivity contribution in [2.75, 3.05) is 6.61 Å². The molecule has 1 aliphatic heterocycles. The third kappa shape index (κ3) is 3.93. The van der Waals surface area contributed by atoms with Gasteiger partial charge in [0.05, 0.1) is 6.04 Å².